The van der Waals surface area contributed by atoms with Gasteiger partial charge in [0, 0.05) is 0 Å². The molecule has 0 unspecified atom stereocenters. The van der Waals surface area contributed by atoms with Crippen molar-refractivity contribution in [1.29, 1.82) is 0 Å². The van der Waals surface area contributed by atoms with Gasteiger partial charge in [0.1, 0.15) is 5.01 Å². The molecule has 0 aliphatic rings. The molecule has 0 saturated carbocycles. The van der Waals surface area contributed by atoms with Gasteiger partial charge in [-0.2, -0.15) is 13.2 Å². The number of nitrogens with zero attached hydrogens (tertiary/aromatic N) is 5. The van der Waals surface area contributed by atoms with Crippen molar-refractivity contribution < 1.29 is 22.8 Å². The summed E-state index contributed by atoms with van der Waals surface area (Å²) in [6.07, 6.45) is -4.70. The first kappa shape index (κ1) is 27.8. The van der Waals surface area contributed by atoms with Gasteiger partial charge in [0.2, 0.25) is 11.0 Å². The second-order valence-electron chi connectivity index (χ2n) is 7.52. The van der Waals surface area contributed by atoms with Gasteiger partial charge in [-0.25, -0.2) is 0 Å². The number of nitrogens with one attached hydrogen (secondary N) is 2. The number of carbonyl (C=O) groups is 2. The molecule has 38 heavy (non-hydrogen) atoms. The van der Waals surface area contributed by atoms with Crippen LogP contribution in [0, 0.1) is 6.92 Å². The molecule has 0 aliphatic heterocycles. The zero-order valence-electron chi connectivity index (χ0n) is 19.2. The first-order chi connectivity index (χ1) is 18.0. The Kier molecular flexibility index (Phi) is 8.55. The Hall–Kier alpha value is -3.20. The molecule has 2 N–H and O–H groups in total. The first-order valence-electron chi connectivity index (χ1n) is 10.6. The minimum atomic E-state index is -4.70. The van der Waals surface area contributed by atoms with Gasteiger partial charge in [-0.05, 0) is 37.3 Å². The van der Waals surface area contributed by atoms with Crippen LogP contribution in [0.4, 0.5) is 18.3 Å². The molecule has 16 heteroatoms. The van der Waals surface area contributed by atoms with E-state index in [1.165, 1.54) is 34.1 Å². The number of carbonyl (C=O) groups excluding carboxylic acids is 2. The maximum atomic E-state index is 13.3. The fourth-order valence-electron chi connectivity index (χ4n) is 3.21. The highest BCUT2D eigenvalue weighted by atomic mass is 35.5. The molecule has 198 valence electrons. The topological polar surface area (TPSA) is 115 Å². The van der Waals surface area contributed by atoms with Crippen LogP contribution in [-0.4, -0.2) is 42.5 Å². The smallest absolute Gasteiger partial charge is 0.345 e. The van der Waals surface area contributed by atoms with E-state index in [1.807, 2.05) is 0 Å². The van der Waals surface area contributed by atoms with Crippen molar-refractivity contribution in [2.45, 2.75) is 24.8 Å². The molecule has 2 aromatic heterocycles. The molecular formula is C22H16Cl2F3N7O2S2. The lowest BCUT2D eigenvalue weighted by Gasteiger charge is -2.14. The number of halogens is 5. The second kappa shape index (κ2) is 11.7. The van der Waals surface area contributed by atoms with Crippen LogP contribution in [0.1, 0.15) is 26.8 Å². The maximum absolute atomic E-state index is 13.3. The molecule has 0 spiro atoms. The fourth-order valence-corrected chi connectivity index (χ4v) is 4.88. The minimum Gasteiger partial charge on any atom is -0.345 e. The molecule has 4 rings (SSSR count). The van der Waals surface area contributed by atoms with Crippen molar-refractivity contribution in [3.63, 3.8) is 0 Å². The summed E-state index contributed by atoms with van der Waals surface area (Å²) in [6, 6.07) is 9.15. The molecule has 0 fully saturated rings. The SMILES string of the molecule is Cc1nnc(NC(=O)CSc2nnc(CNC(=O)c3ccccc3C(F)(F)F)n2-c2ccc(Cl)c(Cl)c2)s1. The van der Waals surface area contributed by atoms with Crippen LogP contribution in [0.25, 0.3) is 5.69 Å². The van der Waals surface area contributed by atoms with E-state index in [0.29, 0.717) is 20.8 Å². The van der Waals surface area contributed by atoms with Gasteiger partial charge < -0.3 is 5.32 Å². The number of hydrogen-bond acceptors (Lipinski definition) is 8. The molecule has 0 saturated heterocycles. The Labute approximate surface area is 231 Å². The van der Waals surface area contributed by atoms with Gasteiger partial charge >= 0.3 is 6.18 Å². The van der Waals surface area contributed by atoms with Gasteiger partial charge in [-0.1, -0.05) is 58.4 Å². The van der Waals surface area contributed by atoms with Gasteiger partial charge in [0.15, 0.2) is 11.0 Å². The van der Waals surface area contributed by atoms with E-state index in [-0.39, 0.29) is 34.2 Å². The van der Waals surface area contributed by atoms with Crippen molar-refractivity contribution >= 4 is 63.2 Å². The summed E-state index contributed by atoms with van der Waals surface area (Å²) < 4.78 is 41.6. The number of rotatable bonds is 8. The van der Waals surface area contributed by atoms with Gasteiger partial charge in [0.05, 0.1) is 39.2 Å². The van der Waals surface area contributed by atoms with Crippen LogP contribution >= 0.6 is 46.3 Å². The molecule has 4 aromatic rings. The third-order valence-corrected chi connectivity index (χ3v) is 7.27. The van der Waals surface area contributed by atoms with Crippen molar-refractivity contribution in [3.05, 3.63) is 74.5 Å². The van der Waals surface area contributed by atoms with Crippen LogP contribution in [-0.2, 0) is 17.5 Å². The van der Waals surface area contributed by atoms with E-state index < -0.39 is 23.2 Å². The monoisotopic (exact) mass is 601 g/mol. The minimum absolute atomic E-state index is 0.0661. The highest BCUT2D eigenvalue weighted by molar-refractivity contribution is 7.99. The Morgan fingerprint density at radius 2 is 1.82 bits per heavy atom. The molecule has 2 aromatic carbocycles. The quantitative estimate of drug-likeness (QED) is 0.259. The third kappa shape index (κ3) is 6.62. The molecule has 0 radical (unpaired) electrons. The van der Waals surface area contributed by atoms with E-state index in [9.17, 15) is 22.8 Å². The van der Waals surface area contributed by atoms with Crippen molar-refractivity contribution in [1.82, 2.24) is 30.3 Å². The summed E-state index contributed by atoms with van der Waals surface area (Å²) in [5.74, 6) is -1.19. The number of alkyl halides is 3. The van der Waals surface area contributed by atoms with Crippen LogP contribution in [0.5, 0.6) is 0 Å². The summed E-state index contributed by atoms with van der Waals surface area (Å²) in [5.41, 5.74) is -1.12. The van der Waals surface area contributed by atoms with Gasteiger partial charge in [-0.3, -0.25) is 19.5 Å². The molecule has 0 aliphatic carbocycles. The highest BCUT2D eigenvalue weighted by Gasteiger charge is 2.34. The lowest BCUT2D eigenvalue weighted by molar-refractivity contribution is -0.138. The summed E-state index contributed by atoms with van der Waals surface area (Å²) in [4.78, 5) is 25.0. The normalized spacial score (nSPS) is 11.4. The average Bonchev–Trinajstić information content (AvgIpc) is 3.47. The number of amides is 2. The second-order valence-corrected chi connectivity index (χ2v) is 10.5. The molecule has 9 nitrogen and oxygen atoms in total. The third-order valence-electron chi connectivity index (χ3n) is 4.85. The van der Waals surface area contributed by atoms with E-state index >= 15 is 0 Å². The van der Waals surface area contributed by atoms with Crippen LogP contribution in [0.3, 0.4) is 0 Å². The lowest BCUT2D eigenvalue weighted by Crippen LogP contribution is -2.27. The number of anilines is 1. The van der Waals surface area contributed by atoms with Gasteiger partial charge in [0.25, 0.3) is 5.91 Å². The molecule has 2 amide bonds. The van der Waals surface area contributed by atoms with E-state index in [1.54, 1.807) is 19.1 Å². The summed E-state index contributed by atoms with van der Waals surface area (Å²) in [7, 11) is 0. The maximum Gasteiger partial charge on any atom is 0.417 e. The van der Waals surface area contributed by atoms with Crippen molar-refractivity contribution in [2.75, 3.05) is 11.1 Å². The summed E-state index contributed by atoms with van der Waals surface area (Å²) >= 11 is 14.5. The van der Waals surface area contributed by atoms with Crippen molar-refractivity contribution in [3.8, 4) is 5.69 Å². The summed E-state index contributed by atoms with van der Waals surface area (Å²) in [6.45, 7) is 1.49. The Balaban J connectivity index is 1.56. The zero-order valence-corrected chi connectivity index (χ0v) is 22.4. The number of aryl methyl sites for hydroxylation is 1. The standard InChI is InChI=1S/C22H16Cl2F3N7O2S2/c1-11-30-32-20(38-11)29-18(35)10-37-21-33-31-17(34(21)12-6-7-15(23)16(24)8-12)9-28-19(36)13-4-2-3-5-14(13)22(25,26)27/h2-8H,9-10H2,1H3,(H,28,36)(H,29,32,35). The number of benzene rings is 2. The first-order valence-corrected chi connectivity index (χ1v) is 13.2. The highest BCUT2D eigenvalue weighted by Crippen LogP contribution is 2.32. The molecule has 0 atom stereocenters. The Morgan fingerprint density at radius 1 is 1.05 bits per heavy atom. The van der Waals surface area contributed by atoms with E-state index in [0.717, 1.165) is 23.9 Å². The largest absolute Gasteiger partial charge is 0.417 e. The predicted molar refractivity (Wildman–Crippen MR) is 138 cm³/mol. The predicted octanol–water partition coefficient (Wildman–Crippen LogP) is 5.41. The molecule has 2 heterocycles. The molecular weight excluding hydrogens is 586 g/mol. The van der Waals surface area contributed by atoms with Gasteiger partial charge in [-0.15, -0.1) is 20.4 Å². The number of thioether (sulfide) groups is 1. The molecule has 0 bridgehead atoms. The number of hydrogen-bond donors (Lipinski definition) is 2. The van der Waals surface area contributed by atoms with Crippen LogP contribution < -0.4 is 10.6 Å². The van der Waals surface area contributed by atoms with Crippen LogP contribution in [0.15, 0.2) is 47.6 Å². The summed E-state index contributed by atoms with van der Waals surface area (Å²) in [5, 5.41) is 22.8. The van der Waals surface area contributed by atoms with Crippen LogP contribution in [0.2, 0.25) is 10.0 Å². The van der Waals surface area contributed by atoms with E-state index in [4.69, 9.17) is 23.2 Å². The lowest BCUT2D eigenvalue weighted by atomic mass is 10.1. The Bertz CT molecular complexity index is 1490. The van der Waals surface area contributed by atoms with E-state index in [2.05, 4.69) is 31.0 Å². The number of aromatic nitrogens is 5. The average molecular weight is 602 g/mol. The van der Waals surface area contributed by atoms with Crippen molar-refractivity contribution in [2.24, 2.45) is 0 Å². The zero-order chi connectivity index (χ0) is 27.4. The fraction of sp³-hybridized carbons (Fsp3) is 0.182. The Morgan fingerprint density at radius 3 is 2.50 bits per heavy atom.